The number of nitrogens with zero attached hydrogens (tertiary/aromatic N) is 3. The molecule has 1 aliphatic heterocycles. The summed E-state index contributed by atoms with van der Waals surface area (Å²) in [6, 6.07) is 5.84. The normalized spacial score (nSPS) is 17.0. The zero-order chi connectivity index (χ0) is 14.8. The Hall–Kier alpha value is -2.70. The van der Waals surface area contributed by atoms with E-state index >= 15 is 0 Å². The van der Waals surface area contributed by atoms with Gasteiger partial charge in [-0.25, -0.2) is 4.98 Å². The Morgan fingerprint density at radius 2 is 2.14 bits per heavy atom. The quantitative estimate of drug-likeness (QED) is 0.690. The van der Waals surface area contributed by atoms with Crippen LogP contribution < -0.4 is 5.32 Å². The number of fused-ring (bicyclic) bond motifs is 1. The smallest absolute Gasteiger partial charge is 0.269 e. The molecule has 1 amide bonds. The second-order valence-corrected chi connectivity index (χ2v) is 5.02. The fourth-order valence-corrected chi connectivity index (χ4v) is 2.49. The van der Waals surface area contributed by atoms with E-state index in [0.717, 1.165) is 18.8 Å². The van der Waals surface area contributed by atoms with Crippen LogP contribution in [0, 0.1) is 16.0 Å². The number of rotatable bonds is 3. The first-order chi connectivity index (χ1) is 10.1. The lowest BCUT2D eigenvalue weighted by Gasteiger charge is -2.22. The van der Waals surface area contributed by atoms with Crippen molar-refractivity contribution in [2.45, 2.75) is 19.4 Å². The first-order valence-corrected chi connectivity index (χ1v) is 6.69. The molecule has 21 heavy (non-hydrogen) atoms. The second-order valence-electron chi connectivity index (χ2n) is 5.02. The third kappa shape index (κ3) is 2.76. The van der Waals surface area contributed by atoms with Crippen molar-refractivity contribution in [1.29, 1.82) is 0 Å². The van der Waals surface area contributed by atoms with Crippen LogP contribution >= 0.6 is 0 Å². The SMILES string of the molecule is O=C(Nc1ccc([N+](=O)[O-])cc1)C1CCn2ccnc2C1. The van der Waals surface area contributed by atoms with Crippen LogP contribution in [0.1, 0.15) is 12.2 Å². The number of non-ortho nitro benzene ring substituents is 1. The lowest BCUT2D eigenvalue weighted by atomic mass is 9.97. The zero-order valence-corrected chi connectivity index (χ0v) is 11.2. The minimum atomic E-state index is -0.466. The predicted octanol–water partition coefficient (Wildman–Crippen LogP) is 1.99. The molecule has 1 unspecified atom stereocenters. The number of carbonyl (C=O) groups excluding carboxylic acids is 1. The number of amides is 1. The molecule has 2 aromatic rings. The summed E-state index contributed by atoms with van der Waals surface area (Å²) in [4.78, 5) is 26.6. The Morgan fingerprint density at radius 3 is 2.86 bits per heavy atom. The molecule has 0 spiro atoms. The number of anilines is 1. The number of nitro groups is 1. The molecule has 1 aliphatic rings. The monoisotopic (exact) mass is 286 g/mol. The third-order valence-corrected chi connectivity index (χ3v) is 3.67. The lowest BCUT2D eigenvalue weighted by molar-refractivity contribution is -0.384. The van der Waals surface area contributed by atoms with Gasteiger partial charge in [0, 0.05) is 49.1 Å². The van der Waals surface area contributed by atoms with Crippen molar-refractivity contribution in [2.24, 2.45) is 5.92 Å². The molecule has 1 atom stereocenters. The molecule has 7 nitrogen and oxygen atoms in total. The first kappa shape index (κ1) is 13.3. The molecule has 3 rings (SSSR count). The van der Waals surface area contributed by atoms with Crippen LogP contribution in [0.15, 0.2) is 36.7 Å². The number of benzene rings is 1. The predicted molar refractivity (Wildman–Crippen MR) is 75.8 cm³/mol. The fourth-order valence-electron chi connectivity index (χ4n) is 2.49. The van der Waals surface area contributed by atoms with E-state index < -0.39 is 4.92 Å². The molecular formula is C14H14N4O3. The minimum absolute atomic E-state index is 0.00712. The minimum Gasteiger partial charge on any atom is -0.335 e. The van der Waals surface area contributed by atoms with Crippen LogP contribution in [0.3, 0.4) is 0 Å². The zero-order valence-electron chi connectivity index (χ0n) is 11.2. The van der Waals surface area contributed by atoms with Crippen LogP contribution in [-0.4, -0.2) is 20.4 Å². The van der Waals surface area contributed by atoms with Crippen molar-refractivity contribution in [3.8, 4) is 0 Å². The van der Waals surface area contributed by atoms with Crippen LogP contribution in [0.2, 0.25) is 0 Å². The van der Waals surface area contributed by atoms with Crippen molar-refractivity contribution in [1.82, 2.24) is 9.55 Å². The molecule has 0 aliphatic carbocycles. The molecule has 0 fully saturated rings. The highest BCUT2D eigenvalue weighted by molar-refractivity contribution is 5.92. The molecular weight excluding hydrogens is 272 g/mol. The maximum atomic E-state index is 12.2. The van der Waals surface area contributed by atoms with Gasteiger partial charge in [0.1, 0.15) is 5.82 Å². The van der Waals surface area contributed by atoms with Gasteiger partial charge >= 0.3 is 0 Å². The molecule has 0 bridgehead atoms. The van der Waals surface area contributed by atoms with Gasteiger partial charge in [-0.2, -0.15) is 0 Å². The number of imidazole rings is 1. The number of nitrogens with one attached hydrogen (secondary N) is 1. The lowest BCUT2D eigenvalue weighted by Crippen LogP contribution is -2.30. The topological polar surface area (TPSA) is 90.1 Å². The summed E-state index contributed by atoms with van der Waals surface area (Å²) in [6.07, 6.45) is 5.04. The summed E-state index contributed by atoms with van der Waals surface area (Å²) >= 11 is 0. The van der Waals surface area contributed by atoms with Crippen molar-refractivity contribution in [3.63, 3.8) is 0 Å². The van der Waals surface area contributed by atoms with E-state index in [0.29, 0.717) is 12.1 Å². The van der Waals surface area contributed by atoms with E-state index in [9.17, 15) is 14.9 Å². The Labute approximate surface area is 120 Å². The maximum Gasteiger partial charge on any atom is 0.269 e. The Morgan fingerprint density at radius 1 is 1.38 bits per heavy atom. The van der Waals surface area contributed by atoms with Gasteiger partial charge < -0.3 is 9.88 Å². The number of hydrogen-bond donors (Lipinski definition) is 1. The van der Waals surface area contributed by atoms with Gasteiger partial charge in [0.2, 0.25) is 5.91 Å². The van der Waals surface area contributed by atoms with Crippen molar-refractivity contribution < 1.29 is 9.72 Å². The summed E-state index contributed by atoms with van der Waals surface area (Å²) in [6.45, 7) is 0.785. The van der Waals surface area contributed by atoms with E-state index in [4.69, 9.17) is 0 Å². The molecule has 0 saturated carbocycles. The molecule has 0 saturated heterocycles. The van der Waals surface area contributed by atoms with Crippen LogP contribution in [-0.2, 0) is 17.8 Å². The third-order valence-electron chi connectivity index (χ3n) is 3.67. The fraction of sp³-hybridized carbons (Fsp3) is 0.286. The average Bonchev–Trinajstić information content (AvgIpc) is 2.95. The summed E-state index contributed by atoms with van der Waals surface area (Å²) in [5.41, 5.74) is 0.576. The summed E-state index contributed by atoms with van der Waals surface area (Å²) in [5, 5.41) is 13.4. The van der Waals surface area contributed by atoms with Crippen LogP contribution in [0.4, 0.5) is 11.4 Å². The number of aryl methyl sites for hydroxylation is 1. The molecule has 1 aromatic carbocycles. The Kier molecular flexibility index (Phi) is 3.39. The van der Waals surface area contributed by atoms with Crippen molar-refractivity contribution in [3.05, 3.63) is 52.6 Å². The highest BCUT2D eigenvalue weighted by Gasteiger charge is 2.25. The van der Waals surface area contributed by atoms with Gasteiger partial charge in [0.15, 0.2) is 0 Å². The Balaban J connectivity index is 1.65. The number of aromatic nitrogens is 2. The van der Waals surface area contributed by atoms with Gasteiger partial charge in [-0.3, -0.25) is 14.9 Å². The number of nitro benzene ring substituents is 1. The van der Waals surface area contributed by atoms with Gasteiger partial charge in [-0.1, -0.05) is 0 Å². The molecule has 2 heterocycles. The van der Waals surface area contributed by atoms with E-state index in [1.54, 1.807) is 18.3 Å². The molecule has 1 N–H and O–H groups in total. The van der Waals surface area contributed by atoms with E-state index in [2.05, 4.69) is 14.9 Å². The molecule has 0 radical (unpaired) electrons. The maximum absolute atomic E-state index is 12.2. The standard InChI is InChI=1S/C14H14N4O3/c19-14(10-5-7-17-8-6-15-13(17)9-10)16-11-1-3-12(4-2-11)18(20)21/h1-4,6,8,10H,5,7,9H2,(H,16,19). The van der Waals surface area contributed by atoms with Gasteiger partial charge in [0.05, 0.1) is 4.92 Å². The van der Waals surface area contributed by atoms with Crippen LogP contribution in [0.5, 0.6) is 0 Å². The summed E-state index contributed by atoms with van der Waals surface area (Å²) in [7, 11) is 0. The molecule has 7 heteroatoms. The van der Waals surface area contributed by atoms with Crippen LogP contribution in [0.25, 0.3) is 0 Å². The van der Waals surface area contributed by atoms with Crippen molar-refractivity contribution >= 4 is 17.3 Å². The van der Waals surface area contributed by atoms with E-state index in [-0.39, 0.29) is 17.5 Å². The largest absolute Gasteiger partial charge is 0.335 e. The summed E-state index contributed by atoms with van der Waals surface area (Å²) in [5.74, 6) is 0.735. The highest BCUT2D eigenvalue weighted by atomic mass is 16.6. The van der Waals surface area contributed by atoms with E-state index in [1.165, 1.54) is 12.1 Å². The number of carbonyl (C=O) groups is 1. The van der Waals surface area contributed by atoms with Crippen molar-refractivity contribution in [2.75, 3.05) is 5.32 Å². The highest BCUT2D eigenvalue weighted by Crippen LogP contribution is 2.22. The van der Waals surface area contributed by atoms with Gasteiger partial charge in [-0.15, -0.1) is 0 Å². The molecule has 1 aromatic heterocycles. The van der Waals surface area contributed by atoms with E-state index in [1.807, 2.05) is 6.20 Å². The average molecular weight is 286 g/mol. The summed E-state index contributed by atoms with van der Waals surface area (Å²) < 4.78 is 2.05. The number of hydrogen-bond acceptors (Lipinski definition) is 4. The van der Waals surface area contributed by atoms with Gasteiger partial charge in [-0.05, 0) is 18.6 Å². The first-order valence-electron chi connectivity index (χ1n) is 6.69. The Bertz CT molecular complexity index is 678. The molecule has 108 valence electrons. The van der Waals surface area contributed by atoms with Gasteiger partial charge in [0.25, 0.3) is 5.69 Å². The second kappa shape index (κ2) is 5.35.